The first-order valence-corrected chi connectivity index (χ1v) is 10.5. The molecule has 8 nitrogen and oxygen atoms in total. The number of nitrogens with zero attached hydrogens (tertiary/aromatic N) is 3. The van der Waals surface area contributed by atoms with Gasteiger partial charge in [0.2, 0.25) is 0 Å². The van der Waals surface area contributed by atoms with Crippen LogP contribution in [-0.4, -0.2) is 61.9 Å². The predicted molar refractivity (Wildman–Crippen MR) is 116 cm³/mol. The fourth-order valence-electron chi connectivity index (χ4n) is 3.31. The van der Waals surface area contributed by atoms with Gasteiger partial charge in [0.15, 0.2) is 0 Å². The molecule has 3 amide bonds. The molecule has 1 aliphatic rings. The van der Waals surface area contributed by atoms with Gasteiger partial charge in [-0.25, -0.2) is 9.80 Å². The van der Waals surface area contributed by atoms with E-state index in [9.17, 15) is 9.59 Å². The number of benzene rings is 1. The predicted octanol–water partition coefficient (Wildman–Crippen LogP) is 3.10. The lowest BCUT2D eigenvalue weighted by atomic mass is 9.99. The maximum atomic E-state index is 13.1. The Kier molecular flexibility index (Phi) is 6.94. The van der Waals surface area contributed by atoms with Crippen LogP contribution in [0, 0.1) is 0 Å². The zero-order valence-corrected chi connectivity index (χ0v) is 18.4. The van der Waals surface area contributed by atoms with Crippen molar-refractivity contribution in [3.8, 4) is 11.5 Å². The number of hydrazone groups is 1. The van der Waals surface area contributed by atoms with E-state index >= 15 is 0 Å². The molecule has 0 aliphatic carbocycles. The van der Waals surface area contributed by atoms with Gasteiger partial charge in [0, 0.05) is 25.6 Å². The van der Waals surface area contributed by atoms with E-state index in [4.69, 9.17) is 9.47 Å². The highest BCUT2D eigenvalue weighted by Gasteiger charge is 2.36. The molecule has 0 saturated carbocycles. The molecular weight excluding hydrogens is 404 g/mol. The highest BCUT2D eigenvalue weighted by molar-refractivity contribution is 7.12. The summed E-state index contributed by atoms with van der Waals surface area (Å²) in [7, 11) is 4.78. The van der Waals surface area contributed by atoms with E-state index in [1.807, 2.05) is 42.6 Å². The van der Waals surface area contributed by atoms with Gasteiger partial charge >= 0.3 is 6.03 Å². The summed E-state index contributed by atoms with van der Waals surface area (Å²) in [5.41, 5.74) is 1.63. The number of carbonyl (C=O) groups excluding carboxylic acids is 2. The second-order valence-electron chi connectivity index (χ2n) is 6.78. The zero-order chi connectivity index (χ0) is 21.7. The fraction of sp³-hybridized carbons (Fsp3) is 0.381. The number of amides is 3. The normalized spacial score (nSPS) is 15.5. The molecule has 160 valence electrons. The minimum atomic E-state index is -0.359. The lowest BCUT2D eigenvalue weighted by Crippen LogP contribution is -2.43. The monoisotopic (exact) mass is 430 g/mol. The third-order valence-electron chi connectivity index (χ3n) is 4.81. The molecule has 0 fully saturated rings. The lowest BCUT2D eigenvalue weighted by Gasteiger charge is -2.26. The smallest absolute Gasteiger partial charge is 0.317 e. The molecule has 1 aliphatic heterocycles. The maximum Gasteiger partial charge on any atom is 0.317 e. The molecule has 0 bridgehead atoms. The summed E-state index contributed by atoms with van der Waals surface area (Å²) in [5, 5.41) is 10.8. The Morgan fingerprint density at radius 2 is 2.10 bits per heavy atom. The highest BCUT2D eigenvalue weighted by atomic mass is 32.1. The van der Waals surface area contributed by atoms with Crippen LogP contribution in [0.25, 0.3) is 0 Å². The van der Waals surface area contributed by atoms with Crippen LogP contribution < -0.4 is 14.8 Å². The molecule has 1 aromatic carbocycles. The van der Waals surface area contributed by atoms with Crippen molar-refractivity contribution in [3.63, 3.8) is 0 Å². The van der Waals surface area contributed by atoms with Crippen molar-refractivity contribution >= 4 is 29.0 Å². The minimum Gasteiger partial charge on any atom is -0.497 e. The highest BCUT2D eigenvalue weighted by Crippen LogP contribution is 2.39. The van der Waals surface area contributed by atoms with Crippen LogP contribution in [0.15, 0.2) is 40.8 Å². The number of thiophene rings is 1. The van der Waals surface area contributed by atoms with Crippen LogP contribution in [0.1, 0.15) is 29.8 Å². The summed E-state index contributed by atoms with van der Waals surface area (Å²) < 4.78 is 10.9. The molecule has 3 rings (SSSR count). The first-order chi connectivity index (χ1) is 14.5. The van der Waals surface area contributed by atoms with Gasteiger partial charge in [-0.1, -0.05) is 6.07 Å². The van der Waals surface area contributed by atoms with Crippen LogP contribution in [0.2, 0.25) is 0 Å². The average molecular weight is 431 g/mol. The number of urea groups is 1. The van der Waals surface area contributed by atoms with Crippen molar-refractivity contribution in [2.75, 3.05) is 34.4 Å². The van der Waals surface area contributed by atoms with E-state index in [0.29, 0.717) is 24.5 Å². The van der Waals surface area contributed by atoms with E-state index in [2.05, 4.69) is 10.4 Å². The molecule has 1 N–H and O–H groups in total. The lowest BCUT2D eigenvalue weighted by molar-refractivity contribution is -0.133. The van der Waals surface area contributed by atoms with E-state index in [1.54, 1.807) is 32.6 Å². The Morgan fingerprint density at radius 3 is 2.73 bits per heavy atom. The quantitative estimate of drug-likeness (QED) is 0.732. The topological polar surface area (TPSA) is 83.5 Å². The van der Waals surface area contributed by atoms with Crippen LogP contribution in [0.3, 0.4) is 0 Å². The van der Waals surface area contributed by atoms with Gasteiger partial charge in [-0.15, -0.1) is 11.3 Å². The van der Waals surface area contributed by atoms with Crippen LogP contribution in [0.4, 0.5) is 4.79 Å². The summed E-state index contributed by atoms with van der Waals surface area (Å²) in [6.45, 7) is 2.23. The van der Waals surface area contributed by atoms with Gasteiger partial charge in [-0.3, -0.25) is 4.79 Å². The first-order valence-electron chi connectivity index (χ1n) is 9.62. The largest absolute Gasteiger partial charge is 0.497 e. The number of methoxy groups -OCH3 is 2. The number of ether oxygens (including phenoxy) is 2. The van der Waals surface area contributed by atoms with Gasteiger partial charge in [-0.05, 0) is 36.6 Å². The standard InChI is InChI=1S/C21H26N4O4S/c1-5-22-21(27)24(2)13-20(26)25-17(12-16(23-25)19-7-6-10-30-19)15-11-14(28-3)8-9-18(15)29-4/h6-11,17H,5,12-13H2,1-4H3,(H,22,27)/t17-/m1/s1. The van der Waals surface area contributed by atoms with Gasteiger partial charge in [-0.2, -0.15) is 5.10 Å². The SMILES string of the molecule is CCNC(=O)N(C)CC(=O)N1N=C(c2cccs2)C[C@@H]1c1cc(OC)ccc1OC. The van der Waals surface area contributed by atoms with Crippen molar-refractivity contribution in [2.45, 2.75) is 19.4 Å². The van der Waals surface area contributed by atoms with Crippen molar-refractivity contribution in [1.29, 1.82) is 0 Å². The Hall–Kier alpha value is -3.07. The molecular formula is C21H26N4O4S. The second kappa shape index (κ2) is 9.62. The third kappa shape index (κ3) is 4.56. The number of hydrogen-bond acceptors (Lipinski definition) is 6. The second-order valence-corrected chi connectivity index (χ2v) is 7.73. The van der Waals surface area contributed by atoms with Crippen LogP contribution in [0.5, 0.6) is 11.5 Å². The fourth-order valence-corrected chi connectivity index (χ4v) is 4.03. The summed E-state index contributed by atoms with van der Waals surface area (Å²) in [6.07, 6.45) is 0.542. The molecule has 0 unspecified atom stereocenters. The van der Waals surface area contributed by atoms with Crippen LogP contribution >= 0.6 is 11.3 Å². The molecule has 0 saturated heterocycles. The van der Waals surface area contributed by atoms with Crippen molar-refractivity contribution < 1.29 is 19.1 Å². The average Bonchev–Trinajstić information content (AvgIpc) is 3.43. The summed E-state index contributed by atoms with van der Waals surface area (Å²) >= 11 is 1.57. The Morgan fingerprint density at radius 1 is 1.30 bits per heavy atom. The van der Waals surface area contributed by atoms with Crippen molar-refractivity contribution in [1.82, 2.24) is 15.2 Å². The van der Waals surface area contributed by atoms with Gasteiger partial charge in [0.25, 0.3) is 5.91 Å². The first kappa shape index (κ1) is 21.6. The molecule has 1 atom stereocenters. The van der Waals surface area contributed by atoms with Crippen molar-refractivity contribution in [3.05, 3.63) is 46.2 Å². The Bertz CT molecular complexity index is 929. The molecule has 0 radical (unpaired) electrons. The van der Waals surface area contributed by atoms with E-state index in [0.717, 1.165) is 16.2 Å². The number of nitrogens with one attached hydrogen (secondary N) is 1. The van der Waals surface area contributed by atoms with Gasteiger partial charge in [0.05, 0.1) is 30.9 Å². The van der Waals surface area contributed by atoms with E-state index in [-0.39, 0.29) is 24.5 Å². The Balaban J connectivity index is 1.93. The van der Waals surface area contributed by atoms with Gasteiger partial charge in [0.1, 0.15) is 18.0 Å². The number of carbonyl (C=O) groups is 2. The zero-order valence-electron chi connectivity index (χ0n) is 17.5. The maximum absolute atomic E-state index is 13.1. The van der Waals surface area contributed by atoms with Gasteiger partial charge < -0.3 is 19.7 Å². The molecule has 2 heterocycles. The van der Waals surface area contributed by atoms with E-state index in [1.165, 1.54) is 9.91 Å². The minimum absolute atomic E-state index is 0.0875. The summed E-state index contributed by atoms with van der Waals surface area (Å²) in [4.78, 5) is 27.6. The van der Waals surface area contributed by atoms with E-state index < -0.39 is 0 Å². The Labute approximate surface area is 180 Å². The molecule has 1 aromatic heterocycles. The molecule has 9 heteroatoms. The number of likely N-dealkylation sites (N-methyl/N-ethyl adjacent to an activating group) is 1. The van der Waals surface area contributed by atoms with Crippen LogP contribution in [-0.2, 0) is 4.79 Å². The third-order valence-corrected chi connectivity index (χ3v) is 5.73. The number of hydrogen-bond donors (Lipinski definition) is 1. The van der Waals surface area contributed by atoms with Crippen molar-refractivity contribution in [2.24, 2.45) is 5.10 Å². The number of rotatable bonds is 7. The molecule has 30 heavy (non-hydrogen) atoms. The summed E-state index contributed by atoms with van der Waals surface area (Å²) in [5.74, 6) is 1.05. The summed E-state index contributed by atoms with van der Waals surface area (Å²) in [6, 6.07) is 8.78. The molecule has 2 aromatic rings. The molecule has 0 spiro atoms.